The van der Waals surface area contributed by atoms with Gasteiger partial charge >= 0.3 is 6.18 Å². The van der Waals surface area contributed by atoms with E-state index in [0.29, 0.717) is 6.04 Å². The van der Waals surface area contributed by atoms with E-state index in [1.165, 1.54) is 0 Å². The third kappa shape index (κ3) is 2.91. The molecule has 1 aliphatic heterocycles. The van der Waals surface area contributed by atoms with Crippen LogP contribution in [0.1, 0.15) is 12.5 Å². The van der Waals surface area contributed by atoms with Gasteiger partial charge in [-0.1, -0.05) is 0 Å². The van der Waals surface area contributed by atoms with Gasteiger partial charge in [-0.25, -0.2) is 0 Å². The lowest BCUT2D eigenvalue weighted by Gasteiger charge is -2.33. The monoisotopic (exact) mass is 244 g/mol. The summed E-state index contributed by atoms with van der Waals surface area (Å²) >= 11 is 0. The molecule has 0 unspecified atom stereocenters. The highest BCUT2D eigenvalue weighted by atomic mass is 19.4. The van der Waals surface area contributed by atoms with Gasteiger partial charge in [0.15, 0.2) is 0 Å². The number of rotatable bonds is 1. The standard InChI is InChI=1S/C12H15F3N2/c1-9-8-17(7-6-16-9)11-4-2-10(3-5-11)12(13,14)15/h2-5,9,16H,6-8H2,1H3/t9-/m1/s1. The molecule has 1 N–H and O–H groups in total. The molecule has 1 heterocycles. The quantitative estimate of drug-likeness (QED) is 0.816. The maximum Gasteiger partial charge on any atom is 0.416 e. The van der Waals surface area contributed by atoms with Crippen LogP contribution in [0.25, 0.3) is 0 Å². The Kier molecular flexibility index (Phi) is 3.28. The highest BCUT2D eigenvalue weighted by molar-refractivity contribution is 5.48. The molecular weight excluding hydrogens is 229 g/mol. The number of nitrogens with zero attached hydrogens (tertiary/aromatic N) is 1. The summed E-state index contributed by atoms with van der Waals surface area (Å²) in [7, 11) is 0. The molecule has 2 nitrogen and oxygen atoms in total. The van der Waals surface area contributed by atoms with E-state index in [1.54, 1.807) is 12.1 Å². The van der Waals surface area contributed by atoms with Gasteiger partial charge in [-0.15, -0.1) is 0 Å². The average molecular weight is 244 g/mol. The van der Waals surface area contributed by atoms with Gasteiger partial charge in [0.2, 0.25) is 0 Å². The summed E-state index contributed by atoms with van der Waals surface area (Å²) in [5.74, 6) is 0. The molecule has 0 aromatic heterocycles. The first-order valence-corrected chi connectivity index (χ1v) is 5.62. The Labute approximate surface area is 98.4 Å². The predicted molar refractivity (Wildman–Crippen MR) is 61.1 cm³/mol. The van der Waals surface area contributed by atoms with E-state index in [0.717, 1.165) is 37.5 Å². The Morgan fingerprint density at radius 2 is 1.88 bits per heavy atom. The van der Waals surface area contributed by atoms with Crippen LogP contribution >= 0.6 is 0 Å². The summed E-state index contributed by atoms with van der Waals surface area (Å²) in [6, 6.07) is 5.73. The Balaban J connectivity index is 2.12. The molecule has 0 aliphatic carbocycles. The second-order valence-corrected chi connectivity index (χ2v) is 4.35. The van der Waals surface area contributed by atoms with E-state index >= 15 is 0 Å². The van der Waals surface area contributed by atoms with Crippen LogP contribution < -0.4 is 10.2 Å². The molecule has 94 valence electrons. The number of hydrogen-bond acceptors (Lipinski definition) is 2. The van der Waals surface area contributed by atoms with Crippen molar-refractivity contribution in [2.75, 3.05) is 24.5 Å². The fourth-order valence-corrected chi connectivity index (χ4v) is 2.03. The normalized spacial score (nSPS) is 21.6. The lowest BCUT2D eigenvalue weighted by molar-refractivity contribution is -0.137. The highest BCUT2D eigenvalue weighted by Gasteiger charge is 2.30. The Bertz CT molecular complexity index is 372. The van der Waals surface area contributed by atoms with Gasteiger partial charge < -0.3 is 10.2 Å². The number of alkyl halides is 3. The molecule has 1 atom stereocenters. The summed E-state index contributed by atoms with van der Waals surface area (Å²) in [5, 5.41) is 3.30. The Hall–Kier alpha value is -1.23. The fraction of sp³-hybridized carbons (Fsp3) is 0.500. The third-order valence-electron chi connectivity index (χ3n) is 2.93. The summed E-state index contributed by atoms with van der Waals surface area (Å²) in [5.41, 5.74) is 0.260. The first-order chi connectivity index (χ1) is 7.97. The number of nitrogens with one attached hydrogen (secondary N) is 1. The second-order valence-electron chi connectivity index (χ2n) is 4.35. The predicted octanol–water partition coefficient (Wildman–Crippen LogP) is 2.50. The van der Waals surface area contributed by atoms with E-state index in [2.05, 4.69) is 17.1 Å². The van der Waals surface area contributed by atoms with Crippen LogP contribution in [-0.2, 0) is 6.18 Å². The van der Waals surface area contributed by atoms with Crippen LogP contribution in [0.4, 0.5) is 18.9 Å². The van der Waals surface area contributed by atoms with Gasteiger partial charge in [0.05, 0.1) is 5.56 Å². The van der Waals surface area contributed by atoms with Crippen LogP contribution in [0, 0.1) is 0 Å². The van der Waals surface area contributed by atoms with Crippen molar-refractivity contribution in [1.82, 2.24) is 5.32 Å². The summed E-state index contributed by atoms with van der Waals surface area (Å²) in [6.07, 6.45) is -4.25. The minimum atomic E-state index is -4.25. The molecule has 0 radical (unpaired) electrons. The summed E-state index contributed by atoms with van der Waals surface area (Å²) in [4.78, 5) is 2.10. The SMILES string of the molecule is C[C@@H]1CN(c2ccc(C(F)(F)F)cc2)CCN1. The number of benzene rings is 1. The van der Waals surface area contributed by atoms with Crippen LogP contribution in [0.15, 0.2) is 24.3 Å². The zero-order chi connectivity index (χ0) is 12.5. The van der Waals surface area contributed by atoms with Crippen molar-refractivity contribution in [3.05, 3.63) is 29.8 Å². The molecule has 0 saturated carbocycles. The first-order valence-electron chi connectivity index (χ1n) is 5.62. The molecule has 17 heavy (non-hydrogen) atoms. The maximum absolute atomic E-state index is 12.4. The molecule has 1 aliphatic rings. The molecule has 0 bridgehead atoms. The lowest BCUT2D eigenvalue weighted by Crippen LogP contribution is -2.49. The van der Waals surface area contributed by atoms with Crippen molar-refractivity contribution < 1.29 is 13.2 Å². The van der Waals surface area contributed by atoms with E-state index < -0.39 is 11.7 Å². The molecule has 5 heteroatoms. The number of hydrogen-bond donors (Lipinski definition) is 1. The molecule has 1 aromatic rings. The zero-order valence-corrected chi connectivity index (χ0v) is 9.59. The maximum atomic E-state index is 12.4. The second kappa shape index (κ2) is 4.56. The minimum Gasteiger partial charge on any atom is -0.369 e. The van der Waals surface area contributed by atoms with Crippen molar-refractivity contribution in [2.24, 2.45) is 0 Å². The third-order valence-corrected chi connectivity index (χ3v) is 2.93. The van der Waals surface area contributed by atoms with Crippen molar-refractivity contribution in [2.45, 2.75) is 19.1 Å². The van der Waals surface area contributed by atoms with E-state index in [1.807, 2.05) is 0 Å². The Morgan fingerprint density at radius 3 is 2.41 bits per heavy atom. The summed E-state index contributed by atoms with van der Waals surface area (Å²) < 4.78 is 37.2. The molecule has 1 fully saturated rings. The average Bonchev–Trinajstić information content (AvgIpc) is 2.28. The van der Waals surface area contributed by atoms with Gasteiger partial charge in [0, 0.05) is 31.4 Å². The first kappa shape index (κ1) is 12.2. The van der Waals surface area contributed by atoms with Crippen molar-refractivity contribution in [1.29, 1.82) is 0 Å². The molecule has 1 aromatic carbocycles. The van der Waals surface area contributed by atoms with Crippen molar-refractivity contribution >= 4 is 5.69 Å². The molecule has 0 amide bonds. The Morgan fingerprint density at radius 1 is 1.24 bits per heavy atom. The molecular formula is C12H15F3N2. The largest absolute Gasteiger partial charge is 0.416 e. The van der Waals surface area contributed by atoms with Gasteiger partial charge in [-0.2, -0.15) is 13.2 Å². The molecule has 0 spiro atoms. The van der Waals surface area contributed by atoms with E-state index in [9.17, 15) is 13.2 Å². The van der Waals surface area contributed by atoms with Crippen LogP contribution in [-0.4, -0.2) is 25.7 Å². The van der Waals surface area contributed by atoms with E-state index in [-0.39, 0.29) is 0 Å². The number of anilines is 1. The molecule has 1 saturated heterocycles. The molecule has 2 rings (SSSR count). The van der Waals surface area contributed by atoms with Crippen LogP contribution in [0.5, 0.6) is 0 Å². The van der Waals surface area contributed by atoms with Crippen molar-refractivity contribution in [3.63, 3.8) is 0 Å². The lowest BCUT2D eigenvalue weighted by atomic mass is 10.1. The summed E-state index contributed by atoms with van der Waals surface area (Å²) in [6.45, 7) is 4.58. The fourth-order valence-electron chi connectivity index (χ4n) is 2.03. The number of halogens is 3. The van der Waals surface area contributed by atoms with Gasteiger partial charge in [-0.3, -0.25) is 0 Å². The smallest absolute Gasteiger partial charge is 0.369 e. The topological polar surface area (TPSA) is 15.3 Å². The van der Waals surface area contributed by atoms with Gasteiger partial charge in [0.25, 0.3) is 0 Å². The highest BCUT2D eigenvalue weighted by Crippen LogP contribution is 2.30. The minimum absolute atomic E-state index is 0.367. The van der Waals surface area contributed by atoms with Gasteiger partial charge in [0.1, 0.15) is 0 Å². The van der Waals surface area contributed by atoms with E-state index in [4.69, 9.17) is 0 Å². The van der Waals surface area contributed by atoms with Crippen molar-refractivity contribution in [3.8, 4) is 0 Å². The zero-order valence-electron chi connectivity index (χ0n) is 9.59. The van der Waals surface area contributed by atoms with Gasteiger partial charge in [-0.05, 0) is 31.2 Å². The van der Waals surface area contributed by atoms with Crippen LogP contribution in [0.3, 0.4) is 0 Å². The number of piperazine rings is 1. The van der Waals surface area contributed by atoms with Crippen LogP contribution in [0.2, 0.25) is 0 Å².